The molecular formula is C14H20N4O. The molecule has 0 saturated carbocycles. The van der Waals surface area contributed by atoms with E-state index in [-0.39, 0.29) is 0 Å². The van der Waals surface area contributed by atoms with Crippen molar-refractivity contribution in [1.29, 1.82) is 0 Å². The van der Waals surface area contributed by atoms with Crippen LogP contribution in [0.2, 0.25) is 0 Å². The summed E-state index contributed by atoms with van der Waals surface area (Å²) in [5.41, 5.74) is 2.05. The quantitative estimate of drug-likeness (QED) is 0.864. The van der Waals surface area contributed by atoms with Gasteiger partial charge >= 0.3 is 0 Å². The van der Waals surface area contributed by atoms with Crippen molar-refractivity contribution in [3.05, 3.63) is 41.7 Å². The SMILES string of the molecule is CCNC(C)c1cccc(OCc2cn(C)nn2)c1. The highest BCUT2D eigenvalue weighted by Crippen LogP contribution is 2.19. The van der Waals surface area contributed by atoms with Crippen molar-refractivity contribution in [3.8, 4) is 5.75 Å². The molecule has 1 atom stereocenters. The second kappa shape index (κ2) is 6.33. The molecule has 1 aromatic heterocycles. The Morgan fingerprint density at radius 3 is 2.95 bits per heavy atom. The number of hydrogen-bond donors (Lipinski definition) is 1. The van der Waals surface area contributed by atoms with Gasteiger partial charge in [0.1, 0.15) is 18.1 Å². The zero-order chi connectivity index (χ0) is 13.7. The largest absolute Gasteiger partial charge is 0.487 e. The third-order valence-corrected chi connectivity index (χ3v) is 2.91. The molecule has 102 valence electrons. The van der Waals surface area contributed by atoms with E-state index < -0.39 is 0 Å². The predicted octanol–water partition coefficient (Wildman–Crippen LogP) is 2.06. The highest BCUT2D eigenvalue weighted by atomic mass is 16.5. The lowest BCUT2D eigenvalue weighted by atomic mass is 10.1. The number of hydrogen-bond acceptors (Lipinski definition) is 4. The van der Waals surface area contributed by atoms with E-state index in [4.69, 9.17) is 4.74 Å². The maximum atomic E-state index is 5.73. The summed E-state index contributed by atoms with van der Waals surface area (Å²) in [4.78, 5) is 0. The van der Waals surface area contributed by atoms with Gasteiger partial charge < -0.3 is 10.1 Å². The summed E-state index contributed by atoms with van der Waals surface area (Å²) in [5, 5.41) is 11.3. The van der Waals surface area contributed by atoms with E-state index in [9.17, 15) is 0 Å². The minimum absolute atomic E-state index is 0.324. The average molecular weight is 260 g/mol. The number of aryl methyl sites for hydroxylation is 1. The molecule has 0 saturated heterocycles. The molecule has 5 heteroatoms. The Kier molecular flexibility index (Phi) is 4.52. The first-order valence-corrected chi connectivity index (χ1v) is 6.50. The Bertz CT molecular complexity index is 524. The summed E-state index contributed by atoms with van der Waals surface area (Å²) >= 11 is 0. The number of benzene rings is 1. The van der Waals surface area contributed by atoms with Crippen molar-refractivity contribution in [2.24, 2.45) is 7.05 Å². The minimum Gasteiger partial charge on any atom is -0.487 e. The van der Waals surface area contributed by atoms with Crippen LogP contribution in [0.1, 0.15) is 31.1 Å². The zero-order valence-electron chi connectivity index (χ0n) is 11.6. The van der Waals surface area contributed by atoms with Gasteiger partial charge in [-0.1, -0.05) is 24.3 Å². The van der Waals surface area contributed by atoms with Crippen molar-refractivity contribution in [3.63, 3.8) is 0 Å². The van der Waals surface area contributed by atoms with Gasteiger partial charge in [0.05, 0.1) is 6.20 Å². The average Bonchev–Trinajstić information content (AvgIpc) is 2.83. The maximum absolute atomic E-state index is 5.73. The minimum atomic E-state index is 0.324. The highest BCUT2D eigenvalue weighted by Gasteiger charge is 2.05. The van der Waals surface area contributed by atoms with Gasteiger partial charge in [-0.05, 0) is 31.2 Å². The molecule has 0 aliphatic carbocycles. The standard InChI is InChI=1S/C14H20N4O/c1-4-15-11(2)12-6-5-7-14(8-12)19-10-13-9-18(3)17-16-13/h5-9,11,15H,4,10H2,1-3H3. The Morgan fingerprint density at radius 1 is 1.42 bits per heavy atom. The molecule has 0 aliphatic heterocycles. The van der Waals surface area contributed by atoms with Crippen LogP contribution in [0.5, 0.6) is 5.75 Å². The second-order valence-electron chi connectivity index (χ2n) is 4.52. The van der Waals surface area contributed by atoms with E-state index in [1.807, 2.05) is 25.4 Å². The fraction of sp³-hybridized carbons (Fsp3) is 0.429. The van der Waals surface area contributed by atoms with Gasteiger partial charge in [-0.2, -0.15) is 0 Å². The fourth-order valence-electron chi connectivity index (χ4n) is 1.92. The number of nitrogens with one attached hydrogen (secondary N) is 1. The van der Waals surface area contributed by atoms with E-state index in [2.05, 4.69) is 41.6 Å². The van der Waals surface area contributed by atoms with E-state index in [1.165, 1.54) is 5.56 Å². The van der Waals surface area contributed by atoms with Crippen LogP contribution in [0.15, 0.2) is 30.5 Å². The van der Waals surface area contributed by atoms with Crippen LogP contribution in [0, 0.1) is 0 Å². The molecular weight excluding hydrogens is 240 g/mol. The lowest BCUT2D eigenvalue weighted by molar-refractivity contribution is 0.300. The van der Waals surface area contributed by atoms with E-state index in [1.54, 1.807) is 4.68 Å². The molecule has 0 aliphatic rings. The van der Waals surface area contributed by atoms with Crippen molar-refractivity contribution in [2.45, 2.75) is 26.5 Å². The Balaban J connectivity index is 1.98. The van der Waals surface area contributed by atoms with Gasteiger partial charge in [0.25, 0.3) is 0 Å². The summed E-state index contributed by atoms with van der Waals surface area (Å²) < 4.78 is 7.40. The Hall–Kier alpha value is -1.88. The predicted molar refractivity (Wildman–Crippen MR) is 73.9 cm³/mol. The Labute approximate surface area is 113 Å². The molecule has 1 N–H and O–H groups in total. The summed E-state index contributed by atoms with van der Waals surface area (Å²) in [6.45, 7) is 5.63. The molecule has 2 aromatic rings. The summed E-state index contributed by atoms with van der Waals surface area (Å²) in [7, 11) is 1.84. The summed E-state index contributed by atoms with van der Waals surface area (Å²) in [5.74, 6) is 0.855. The van der Waals surface area contributed by atoms with Crippen molar-refractivity contribution < 1.29 is 4.74 Å². The molecule has 1 aromatic carbocycles. The van der Waals surface area contributed by atoms with E-state index in [0.717, 1.165) is 18.0 Å². The van der Waals surface area contributed by atoms with E-state index in [0.29, 0.717) is 12.6 Å². The van der Waals surface area contributed by atoms with E-state index >= 15 is 0 Å². The smallest absolute Gasteiger partial charge is 0.134 e. The van der Waals surface area contributed by atoms with Gasteiger partial charge in [0.2, 0.25) is 0 Å². The Morgan fingerprint density at radius 2 is 2.26 bits per heavy atom. The lowest BCUT2D eigenvalue weighted by Gasteiger charge is -2.14. The monoisotopic (exact) mass is 260 g/mol. The number of nitrogens with zero attached hydrogens (tertiary/aromatic N) is 3. The first-order valence-electron chi connectivity index (χ1n) is 6.50. The number of aromatic nitrogens is 3. The van der Waals surface area contributed by atoms with Gasteiger partial charge in [0.15, 0.2) is 0 Å². The zero-order valence-corrected chi connectivity index (χ0v) is 11.6. The highest BCUT2D eigenvalue weighted by molar-refractivity contribution is 5.30. The summed E-state index contributed by atoms with van der Waals surface area (Å²) in [6, 6.07) is 8.45. The van der Waals surface area contributed by atoms with Gasteiger partial charge in [-0.15, -0.1) is 5.10 Å². The number of rotatable bonds is 6. The van der Waals surface area contributed by atoms with Gasteiger partial charge in [-0.3, -0.25) is 4.68 Å². The normalized spacial score (nSPS) is 12.4. The second-order valence-corrected chi connectivity index (χ2v) is 4.52. The molecule has 0 bridgehead atoms. The third kappa shape index (κ3) is 3.79. The number of ether oxygens (including phenoxy) is 1. The van der Waals surface area contributed by atoms with Crippen LogP contribution >= 0.6 is 0 Å². The van der Waals surface area contributed by atoms with Crippen molar-refractivity contribution in [1.82, 2.24) is 20.3 Å². The molecule has 0 spiro atoms. The molecule has 0 amide bonds. The third-order valence-electron chi connectivity index (χ3n) is 2.91. The van der Waals surface area contributed by atoms with Gasteiger partial charge in [0, 0.05) is 13.1 Å². The van der Waals surface area contributed by atoms with Crippen molar-refractivity contribution >= 4 is 0 Å². The van der Waals surface area contributed by atoms with Crippen LogP contribution in [0.4, 0.5) is 0 Å². The molecule has 19 heavy (non-hydrogen) atoms. The van der Waals surface area contributed by atoms with Crippen LogP contribution in [-0.2, 0) is 13.7 Å². The first-order chi connectivity index (χ1) is 9.19. The lowest BCUT2D eigenvalue weighted by Crippen LogP contribution is -2.17. The van der Waals surface area contributed by atoms with Crippen LogP contribution in [0.3, 0.4) is 0 Å². The van der Waals surface area contributed by atoms with Crippen LogP contribution < -0.4 is 10.1 Å². The van der Waals surface area contributed by atoms with Crippen LogP contribution in [-0.4, -0.2) is 21.5 Å². The molecule has 0 fully saturated rings. The molecule has 1 heterocycles. The summed E-state index contributed by atoms with van der Waals surface area (Å²) in [6.07, 6.45) is 1.85. The molecule has 0 radical (unpaired) electrons. The van der Waals surface area contributed by atoms with Crippen LogP contribution in [0.25, 0.3) is 0 Å². The maximum Gasteiger partial charge on any atom is 0.134 e. The molecule has 2 rings (SSSR count). The fourth-order valence-corrected chi connectivity index (χ4v) is 1.92. The molecule has 1 unspecified atom stereocenters. The van der Waals surface area contributed by atoms with Crippen molar-refractivity contribution in [2.75, 3.05) is 6.54 Å². The van der Waals surface area contributed by atoms with Gasteiger partial charge in [-0.25, -0.2) is 0 Å². The topological polar surface area (TPSA) is 52.0 Å². The first kappa shape index (κ1) is 13.5. The molecule has 5 nitrogen and oxygen atoms in total.